The SMILES string of the molecule is Cc1cccc(COc2ccc(Br)cc2Cn2nc(OC(=O)O)cc2C)c1. The average molecular weight is 431 g/mol. The monoisotopic (exact) mass is 430 g/mol. The summed E-state index contributed by atoms with van der Waals surface area (Å²) in [6.07, 6.45) is -1.38. The fourth-order valence-electron chi connectivity index (χ4n) is 2.72. The van der Waals surface area contributed by atoms with Crippen molar-refractivity contribution < 1.29 is 19.4 Å². The van der Waals surface area contributed by atoms with Crippen LogP contribution in [0.1, 0.15) is 22.4 Å². The van der Waals surface area contributed by atoms with Gasteiger partial charge in [0.25, 0.3) is 0 Å². The second kappa shape index (κ2) is 8.26. The first-order valence-corrected chi connectivity index (χ1v) is 9.12. The Morgan fingerprint density at radius 2 is 2.00 bits per heavy atom. The molecular weight excluding hydrogens is 412 g/mol. The molecule has 3 rings (SSSR count). The van der Waals surface area contributed by atoms with Gasteiger partial charge < -0.3 is 14.6 Å². The van der Waals surface area contributed by atoms with E-state index >= 15 is 0 Å². The fraction of sp³-hybridized carbons (Fsp3) is 0.200. The highest BCUT2D eigenvalue weighted by molar-refractivity contribution is 9.10. The fourth-order valence-corrected chi connectivity index (χ4v) is 3.12. The normalized spacial score (nSPS) is 10.6. The molecule has 27 heavy (non-hydrogen) atoms. The Balaban J connectivity index is 1.80. The van der Waals surface area contributed by atoms with Crippen molar-refractivity contribution in [2.45, 2.75) is 27.0 Å². The standard InChI is InChI=1S/C20H19BrN2O4/c1-13-4-3-5-15(8-13)12-26-18-7-6-17(21)10-16(18)11-23-14(2)9-19(22-23)27-20(24)25/h3-10H,11-12H2,1-2H3,(H,24,25). The van der Waals surface area contributed by atoms with Gasteiger partial charge in [-0.1, -0.05) is 45.8 Å². The third-order valence-electron chi connectivity index (χ3n) is 3.97. The van der Waals surface area contributed by atoms with Crippen molar-refractivity contribution >= 4 is 22.1 Å². The summed E-state index contributed by atoms with van der Waals surface area (Å²) in [5, 5.41) is 12.9. The molecule has 140 valence electrons. The highest BCUT2D eigenvalue weighted by atomic mass is 79.9. The van der Waals surface area contributed by atoms with Crippen LogP contribution in [0.2, 0.25) is 0 Å². The molecule has 2 aromatic carbocycles. The maximum absolute atomic E-state index is 10.7. The van der Waals surface area contributed by atoms with E-state index in [0.29, 0.717) is 13.2 Å². The third-order valence-corrected chi connectivity index (χ3v) is 4.46. The molecule has 0 radical (unpaired) electrons. The second-order valence-corrected chi connectivity index (χ2v) is 7.10. The number of aromatic nitrogens is 2. The molecule has 0 bridgehead atoms. The first-order valence-electron chi connectivity index (χ1n) is 8.33. The largest absolute Gasteiger partial charge is 0.512 e. The van der Waals surface area contributed by atoms with E-state index in [1.165, 1.54) is 5.56 Å². The molecule has 1 heterocycles. The molecule has 0 atom stereocenters. The summed E-state index contributed by atoms with van der Waals surface area (Å²) < 4.78 is 13.3. The second-order valence-electron chi connectivity index (χ2n) is 6.18. The molecule has 0 fully saturated rings. The molecule has 0 amide bonds. The van der Waals surface area contributed by atoms with Crippen molar-refractivity contribution in [1.82, 2.24) is 9.78 Å². The van der Waals surface area contributed by atoms with Crippen LogP contribution in [-0.4, -0.2) is 21.0 Å². The smallest absolute Gasteiger partial charge is 0.489 e. The third kappa shape index (κ3) is 5.10. The Morgan fingerprint density at radius 1 is 1.19 bits per heavy atom. The zero-order chi connectivity index (χ0) is 19.4. The van der Waals surface area contributed by atoms with Crippen LogP contribution in [0.15, 0.2) is 53.0 Å². The van der Waals surface area contributed by atoms with Crippen molar-refractivity contribution in [1.29, 1.82) is 0 Å². The van der Waals surface area contributed by atoms with Crippen LogP contribution in [0.25, 0.3) is 0 Å². The van der Waals surface area contributed by atoms with Crippen LogP contribution in [0, 0.1) is 13.8 Å². The summed E-state index contributed by atoms with van der Waals surface area (Å²) in [7, 11) is 0. The number of carbonyl (C=O) groups is 1. The number of rotatable bonds is 6. The van der Waals surface area contributed by atoms with E-state index in [-0.39, 0.29) is 5.88 Å². The molecular formula is C20H19BrN2O4. The molecule has 7 heteroatoms. The van der Waals surface area contributed by atoms with Gasteiger partial charge in [0.1, 0.15) is 12.4 Å². The predicted molar refractivity (Wildman–Crippen MR) is 104 cm³/mol. The molecule has 0 saturated carbocycles. The van der Waals surface area contributed by atoms with Gasteiger partial charge in [-0.25, -0.2) is 4.79 Å². The maximum Gasteiger partial charge on any atom is 0.512 e. The van der Waals surface area contributed by atoms with Gasteiger partial charge in [0.2, 0.25) is 5.88 Å². The topological polar surface area (TPSA) is 73.6 Å². The maximum atomic E-state index is 10.7. The Morgan fingerprint density at radius 3 is 2.74 bits per heavy atom. The number of carboxylic acid groups (broad SMARTS) is 1. The van der Waals surface area contributed by atoms with E-state index in [1.807, 2.05) is 50.2 Å². The number of halogens is 1. The van der Waals surface area contributed by atoms with Crippen LogP contribution in [0.5, 0.6) is 11.6 Å². The first kappa shape index (κ1) is 19.0. The van der Waals surface area contributed by atoms with E-state index < -0.39 is 6.16 Å². The quantitative estimate of drug-likeness (QED) is 0.560. The van der Waals surface area contributed by atoms with Crippen LogP contribution < -0.4 is 9.47 Å². The van der Waals surface area contributed by atoms with E-state index in [1.54, 1.807) is 10.7 Å². The van der Waals surface area contributed by atoms with Gasteiger partial charge in [0.05, 0.1) is 6.54 Å². The number of benzene rings is 2. The Bertz CT molecular complexity index is 968. The molecule has 6 nitrogen and oxygen atoms in total. The van der Waals surface area contributed by atoms with Crippen LogP contribution in [0.4, 0.5) is 4.79 Å². The van der Waals surface area contributed by atoms with E-state index in [0.717, 1.165) is 27.0 Å². The van der Waals surface area contributed by atoms with Gasteiger partial charge in [-0.15, -0.1) is 5.10 Å². The Kier molecular flexibility index (Phi) is 5.81. The number of hydrogen-bond donors (Lipinski definition) is 1. The molecule has 1 N–H and O–H groups in total. The Hall–Kier alpha value is -2.80. The van der Waals surface area contributed by atoms with Crippen LogP contribution >= 0.6 is 15.9 Å². The lowest BCUT2D eigenvalue weighted by Crippen LogP contribution is -2.08. The van der Waals surface area contributed by atoms with E-state index in [9.17, 15) is 4.79 Å². The molecule has 0 unspecified atom stereocenters. The first-order chi connectivity index (χ1) is 12.9. The summed E-state index contributed by atoms with van der Waals surface area (Å²) in [5.41, 5.74) is 3.99. The van der Waals surface area contributed by atoms with Crippen molar-refractivity contribution in [3.63, 3.8) is 0 Å². The van der Waals surface area contributed by atoms with Crippen molar-refractivity contribution in [3.8, 4) is 11.6 Å². The van der Waals surface area contributed by atoms with Crippen molar-refractivity contribution in [2.75, 3.05) is 0 Å². The number of aryl methyl sites for hydroxylation is 2. The lowest BCUT2D eigenvalue weighted by molar-refractivity contribution is 0.142. The van der Waals surface area contributed by atoms with E-state index in [2.05, 4.69) is 31.8 Å². The minimum atomic E-state index is -1.38. The number of nitrogens with zero attached hydrogens (tertiary/aromatic N) is 2. The molecule has 0 aliphatic heterocycles. The average Bonchev–Trinajstić information content (AvgIpc) is 2.92. The molecule has 0 spiro atoms. The number of hydrogen-bond acceptors (Lipinski definition) is 4. The summed E-state index contributed by atoms with van der Waals surface area (Å²) in [4.78, 5) is 10.7. The summed E-state index contributed by atoms with van der Waals surface area (Å²) in [5.74, 6) is 0.799. The zero-order valence-corrected chi connectivity index (χ0v) is 16.6. The van der Waals surface area contributed by atoms with Gasteiger partial charge in [-0.05, 0) is 37.6 Å². The van der Waals surface area contributed by atoms with Crippen molar-refractivity contribution in [2.24, 2.45) is 0 Å². The summed E-state index contributed by atoms with van der Waals surface area (Å²) in [6.45, 7) is 4.78. The minimum Gasteiger partial charge on any atom is -0.489 e. The van der Waals surface area contributed by atoms with Gasteiger partial charge in [0.15, 0.2) is 0 Å². The lowest BCUT2D eigenvalue weighted by atomic mass is 10.1. The van der Waals surface area contributed by atoms with Gasteiger partial charge in [0, 0.05) is 21.8 Å². The molecule has 0 aliphatic rings. The van der Waals surface area contributed by atoms with Crippen molar-refractivity contribution in [3.05, 3.63) is 75.4 Å². The van der Waals surface area contributed by atoms with Crippen LogP contribution in [0.3, 0.4) is 0 Å². The molecule has 1 aromatic heterocycles. The Labute approximate surface area is 165 Å². The molecule has 3 aromatic rings. The van der Waals surface area contributed by atoms with Gasteiger partial charge >= 0.3 is 6.16 Å². The lowest BCUT2D eigenvalue weighted by Gasteiger charge is -2.13. The highest BCUT2D eigenvalue weighted by Crippen LogP contribution is 2.26. The highest BCUT2D eigenvalue weighted by Gasteiger charge is 2.12. The predicted octanol–water partition coefficient (Wildman–Crippen LogP) is 4.95. The minimum absolute atomic E-state index is 0.0530. The van der Waals surface area contributed by atoms with E-state index in [4.69, 9.17) is 9.84 Å². The molecule has 0 aliphatic carbocycles. The summed E-state index contributed by atoms with van der Waals surface area (Å²) >= 11 is 3.48. The van der Waals surface area contributed by atoms with Gasteiger partial charge in [-0.3, -0.25) is 4.68 Å². The summed E-state index contributed by atoms with van der Waals surface area (Å²) in [6, 6.07) is 15.5. The molecule has 0 saturated heterocycles. The van der Waals surface area contributed by atoms with Gasteiger partial charge in [-0.2, -0.15) is 0 Å². The zero-order valence-electron chi connectivity index (χ0n) is 15.0. The number of ether oxygens (including phenoxy) is 2. The van der Waals surface area contributed by atoms with Crippen LogP contribution in [-0.2, 0) is 13.2 Å².